The number of hydrogen-bond donors (Lipinski definition) is 2. The first-order chi connectivity index (χ1) is 12.1. The summed E-state index contributed by atoms with van der Waals surface area (Å²) in [5.41, 5.74) is 8.18. The summed E-state index contributed by atoms with van der Waals surface area (Å²) >= 11 is 0. The third-order valence-corrected chi connectivity index (χ3v) is 4.34. The van der Waals surface area contributed by atoms with Crippen LogP contribution in [-0.2, 0) is 13.1 Å². The third-order valence-electron chi connectivity index (χ3n) is 4.34. The van der Waals surface area contributed by atoms with Gasteiger partial charge in [-0.1, -0.05) is 12.1 Å². The molecule has 2 aromatic heterocycles. The highest BCUT2D eigenvalue weighted by Crippen LogP contribution is 2.21. The van der Waals surface area contributed by atoms with E-state index >= 15 is 0 Å². The van der Waals surface area contributed by atoms with Gasteiger partial charge in [0, 0.05) is 30.4 Å². The minimum absolute atomic E-state index is 0.0692. The molecule has 0 fully saturated rings. The molecule has 0 atom stereocenters. The Morgan fingerprint density at radius 2 is 2.04 bits per heavy atom. The lowest BCUT2D eigenvalue weighted by atomic mass is 10.1. The molecule has 1 aliphatic rings. The molecule has 1 aromatic carbocycles. The van der Waals surface area contributed by atoms with Gasteiger partial charge in [0.15, 0.2) is 0 Å². The van der Waals surface area contributed by atoms with E-state index in [-0.39, 0.29) is 5.91 Å². The number of nitrogens with zero attached hydrogens (tertiary/aromatic N) is 4. The topological polar surface area (TPSA) is 110 Å². The number of amides is 2. The van der Waals surface area contributed by atoms with Gasteiger partial charge in [-0.3, -0.25) is 14.7 Å². The van der Waals surface area contributed by atoms with Crippen molar-refractivity contribution in [3.63, 3.8) is 0 Å². The Kier molecular flexibility index (Phi) is 3.57. The quantitative estimate of drug-likeness (QED) is 0.744. The average molecular weight is 336 g/mol. The zero-order chi connectivity index (χ0) is 17.4. The first-order valence-electron chi connectivity index (χ1n) is 7.86. The van der Waals surface area contributed by atoms with E-state index in [1.807, 2.05) is 18.2 Å². The monoisotopic (exact) mass is 336 g/mol. The minimum Gasteiger partial charge on any atom is -0.364 e. The van der Waals surface area contributed by atoms with Crippen molar-refractivity contribution in [2.75, 3.05) is 6.54 Å². The van der Waals surface area contributed by atoms with E-state index < -0.39 is 5.91 Å². The number of imidazole rings is 1. The fourth-order valence-corrected chi connectivity index (χ4v) is 3.05. The van der Waals surface area contributed by atoms with Crippen LogP contribution in [0.15, 0.2) is 42.9 Å². The summed E-state index contributed by atoms with van der Waals surface area (Å²) < 4.78 is 1.77. The number of hydrogen-bond acceptors (Lipinski definition) is 4. The zero-order valence-corrected chi connectivity index (χ0v) is 13.3. The van der Waals surface area contributed by atoms with Gasteiger partial charge in [-0.05, 0) is 17.7 Å². The molecule has 0 aliphatic carbocycles. The number of aromatic amines is 1. The maximum atomic E-state index is 12.8. The number of H-pyrrole nitrogens is 1. The second kappa shape index (κ2) is 5.90. The van der Waals surface area contributed by atoms with Crippen molar-refractivity contribution in [1.29, 1.82) is 0 Å². The van der Waals surface area contributed by atoms with Crippen LogP contribution in [0.1, 0.15) is 26.7 Å². The minimum atomic E-state index is -0.508. The summed E-state index contributed by atoms with van der Waals surface area (Å²) in [6.45, 7) is 1.35. The van der Waals surface area contributed by atoms with Crippen molar-refractivity contribution < 1.29 is 9.59 Å². The van der Waals surface area contributed by atoms with Crippen LogP contribution < -0.4 is 5.73 Å². The average Bonchev–Trinajstić information content (AvgIpc) is 3.30. The number of rotatable bonds is 3. The van der Waals surface area contributed by atoms with Gasteiger partial charge in [0.05, 0.1) is 18.9 Å². The number of primary amides is 1. The summed E-state index contributed by atoms with van der Waals surface area (Å²) in [4.78, 5) is 30.2. The summed E-state index contributed by atoms with van der Waals surface area (Å²) in [6, 6.07) is 7.43. The summed E-state index contributed by atoms with van der Waals surface area (Å²) in [7, 11) is 0. The van der Waals surface area contributed by atoms with Gasteiger partial charge < -0.3 is 15.2 Å². The fraction of sp³-hybridized carbons (Fsp3) is 0.176. The molecule has 0 unspecified atom stereocenters. The van der Waals surface area contributed by atoms with Crippen LogP contribution in [0.5, 0.6) is 0 Å². The van der Waals surface area contributed by atoms with Gasteiger partial charge in [-0.25, -0.2) is 4.98 Å². The van der Waals surface area contributed by atoms with Crippen LogP contribution in [0.3, 0.4) is 0 Å². The predicted molar refractivity (Wildman–Crippen MR) is 89.5 cm³/mol. The van der Waals surface area contributed by atoms with Gasteiger partial charge in [-0.15, -0.1) is 0 Å². The predicted octanol–water partition coefficient (Wildman–Crippen LogP) is 1.03. The van der Waals surface area contributed by atoms with E-state index in [0.29, 0.717) is 36.7 Å². The van der Waals surface area contributed by atoms with Gasteiger partial charge >= 0.3 is 0 Å². The molecule has 3 aromatic rings. The number of nitrogens with two attached hydrogens (primary N) is 1. The standard InChI is InChI=1S/C17H16N6O2/c18-16(24)14-9-19-15-10-22(4-5-23(14)15)17(25)12-3-1-2-11(6-12)13-7-20-21-8-13/h1-3,6-9H,4-5,10H2,(H2,18,24)(H,20,21). The van der Waals surface area contributed by atoms with E-state index in [1.165, 1.54) is 6.20 Å². The summed E-state index contributed by atoms with van der Waals surface area (Å²) in [5, 5.41) is 6.70. The second-order valence-electron chi connectivity index (χ2n) is 5.87. The molecule has 3 heterocycles. The lowest BCUT2D eigenvalue weighted by Crippen LogP contribution is -2.39. The highest BCUT2D eigenvalue weighted by Gasteiger charge is 2.25. The third kappa shape index (κ3) is 2.67. The molecular weight excluding hydrogens is 320 g/mol. The number of nitrogens with one attached hydrogen (secondary N) is 1. The molecule has 4 rings (SSSR count). The Bertz CT molecular complexity index is 944. The van der Waals surface area contributed by atoms with Gasteiger partial charge in [0.1, 0.15) is 11.5 Å². The Morgan fingerprint density at radius 1 is 1.16 bits per heavy atom. The van der Waals surface area contributed by atoms with E-state index in [1.54, 1.807) is 27.9 Å². The molecule has 0 saturated carbocycles. The first-order valence-corrected chi connectivity index (χ1v) is 7.86. The molecule has 8 heteroatoms. The molecule has 126 valence electrons. The molecule has 3 N–H and O–H groups in total. The summed E-state index contributed by atoms with van der Waals surface area (Å²) in [5.74, 6) is 0.0888. The van der Waals surface area contributed by atoms with Crippen molar-refractivity contribution in [2.24, 2.45) is 5.73 Å². The maximum absolute atomic E-state index is 12.8. The number of aromatic nitrogens is 4. The number of fused-ring (bicyclic) bond motifs is 1. The van der Waals surface area contributed by atoms with Crippen molar-refractivity contribution >= 4 is 11.8 Å². The molecule has 25 heavy (non-hydrogen) atoms. The molecule has 8 nitrogen and oxygen atoms in total. The normalized spacial score (nSPS) is 13.5. The van der Waals surface area contributed by atoms with Crippen LogP contribution in [0.2, 0.25) is 0 Å². The van der Waals surface area contributed by atoms with Crippen molar-refractivity contribution in [3.05, 3.63) is 59.9 Å². The van der Waals surface area contributed by atoms with Crippen LogP contribution in [0.25, 0.3) is 11.1 Å². The molecule has 0 bridgehead atoms. The van der Waals surface area contributed by atoms with E-state index in [0.717, 1.165) is 11.1 Å². The molecular formula is C17H16N6O2. The van der Waals surface area contributed by atoms with Gasteiger partial charge in [-0.2, -0.15) is 5.10 Å². The molecule has 2 amide bonds. The zero-order valence-electron chi connectivity index (χ0n) is 13.3. The molecule has 0 spiro atoms. The van der Waals surface area contributed by atoms with Crippen LogP contribution >= 0.6 is 0 Å². The van der Waals surface area contributed by atoms with Crippen LogP contribution in [0.4, 0.5) is 0 Å². The fourth-order valence-electron chi connectivity index (χ4n) is 3.05. The van der Waals surface area contributed by atoms with Crippen molar-refractivity contribution in [2.45, 2.75) is 13.1 Å². The Morgan fingerprint density at radius 3 is 2.80 bits per heavy atom. The smallest absolute Gasteiger partial charge is 0.266 e. The Hall–Kier alpha value is -3.42. The molecule has 0 radical (unpaired) electrons. The Balaban J connectivity index is 1.58. The lowest BCUT2D eigenvalue weighted by Gasteiger charge is -2.28. The number of carbonyl (C=O) groups is 2. The highest BCUT2D eigenvalue weighted by atomic mass is 16.2. The highest BCUT2D eigenvalue weighted by molar-refractivity contribution is 5.95. The Labute approximate surface area is 143 Å². The van der Waals surface area contributed by atoms with Crippen molar-refractivity contribution in [3.8, 4) is 11.1 Å². The van der Waals surface area contributed by atoms with Gasteiger partial charge in [0.25, 0.3) is 11.8 Å². The lowest BCUT2D eigenvalue weighted by molar-refractivity contribution is 0.0706. The first kappa shape index (κ1) is 15.1. The SMILES string of the molecule is NC(=O)c1cnc2n1CCN(C(=O)c1cccc(-c3cn[nH]c3)c1)C2. The van der Waals surface area contributed by atoms with E-state index in [2.05, 4.69) is 15.2 Å². The largest absolute Gasteiger partial charge is 0.364 e. The second-order valence-corrected chi connectivity index (χ2v) is 5.87. The van der Waals surface area contributed by atoms with E-state index in [9.17, 15) is 9.59 Å². The van der Waals surface area contributed by atoms with Gasteiger partial charge in [0.2, 0.25) is 0 Å². The van der Waals surface area contributed by atoms with Crippen molar-refractivity contribution in [1.82, 2.24) is 24.6 Å². The summed E-state index contributed by atoms with van der Waals surface area (Å²) in [6.07, 6.45) is 4.96. The molecule has 0 saturated heterocycles. The number of carbonyl (C=O) groups excluding carboxylic acids is 2. The molecule has 1 aliphatic heterocycles. The van der Waals surface area contributed by atoms with Crippen LogP contribution in [-0.4, -0.2) is 43.0 Å². The number of benzene rings is 1. The van der Waals surface area contributed by atoms with E-state index in [4.69, 9.17) is 5.73 Å². The maximum Gasteiger partial charge on any atom is 0.266 e. The van der Waals surface area contributed by atoms with Crippen LogP contribution in [0, 0.1) is 0 Å².